The Balaban J connectivity index is 1.78. The molecule has 2 nitrogen and oxygen atoms in total. The van der Waals surface area contributed by atoms with Gasteiger partial charge < -0.3 is 10.1 Å². The molecule has 0 bridgehead atoms. The summed E-state index contributed by atoms with van der Waals surface area (Å²) in [6.45, 7) is 3.38. The van der Waals surface area contributed by atoms with Crippen LogP contribution in [0.2, 0.25) is 0 Å². The van der Waals surface area contributed by atoms with Gasteiger partial charge in [-0.25, -0.2) is 4.39 Å². The highest BCUT2D eigenvalue weighted by molar-refractivity contribution is 5.44. The van der Waals surface area contributed by atoms with Crippen molar-refractivity contribution in [3.8, 4) is 5.75 Å². The van der Waals surface area contributed by atoms with E-state index in [0.29, 0.717) is 18.7 Å². The lowest BCUT2D eigenvalue weighted by Crippen LogP contribution is -2.27. The van der Waals surface area contributed by atoms with Crippen molar-refractivity contribution in [1.29, 1.82) is 0 Å². The molecule has 21 heavy (non-hydrogen) atoms. The lowest BCUT2D eigenvalue weighted by Gasteiger charge is -2.28. The first kappa shape index (κ1) is 14.1. The molecule has 0 saturated heterocycles. The third-order valence-corrected chi connectivity index (χ3v) is 4.03. The van der Waals surface area contributed by atoms with Gasteiger partial charge in [-0.1, -0.05) is 43.3 Å². The quantitative estimate of drug-likeness (QED) is 0.916. The largest absolute Gasteiger partial charge is 0.493 e. The van der Waals surface area contributed by atoms with Crippen LogP contribution >= 0.6 is 0 Å². The number of hydrogen-bond donors (Lipinski definition) is 1. The van der Waals surface area contributed by atoms with Crippen LogP contribution in [-0.4, -0.2) is 6.61 Å². The number of hydrogen-bond acceptors (Lipinski definition) is 2. The first-order valence-electron chi connectivity index (χ1n) is 7.51. The standard InChI is InChI=1S/C18H20FNO/c1-2-13-7-5-8-15-17(10-11-21-18(13)15)20-12-14-6-3-4-9-16(14)19/h3-9,17,20H,2,10-12H2,1H3. The number of halogens is 1. The second-order valence-corrected chi connectivity index (χ2v) is 5.35. The van der Waals surface area contributed by atoms with Crippen LogP contribution in [0.15, 0.2) is 42.5 Å². The number of rotatable bonds is 4. The number of nitrogens with one attached hydrogen (secondary N) is 1. The summed E-state index contributed by atoms with van der Waals surface area (Å²) in [5.74, 6) is 0.858. The SMILES string of the molecule is CCc1cccc2c1OCCC2NCc1ccccc1F. The van der Waals surface area contributed by atoms with Crippen LogP contribution < -0.4 is 10.1 Å². The number of ether oxygens (including phenoxy) is 1. The topological polar surface area (TPSA) is 21.3 Å². The van der Waals surface area contributed by atoms with E-state index in [9.17, 15) is 4.39 Å². The van der Waals surface area contributed by atoms with Gasteiger partial charge >= 0.3 is 0 Å². The molecule has 1 unspecified atom stereocenters. The number of benzene rings is 2. The molecular weight excluding hydrogens is 265 g/mol. The Hall–Kier alpha value is -1.87. The van der Waals surface area contributed by atoms with Gasteiger partial charge in [0.15, 0.2) is 0 Å². The van der Waals surface area contributed by atoms with Crippen molar-refractivity contribution in [1.82, 2.24) is 5.32 Å². The molecule has 3 rings (SSSR count). The summed E-state index contributed by atoms with van der Waals surface area (Å²) < 4.78 is 19.5. The van der Waals surface area contributed by atoms with Gasteiger partial charge in [-0.15, -0.1) is 0 Å². The maximum Gasteiger partial charge on any atom is 0.127 e. The van der Waals surface area contributed by atoms with Crippen molar-refractivity contribution in [2.24, 2.45) is 0 Å². The van der Waals surface area contributed by atoms with E-state index < -0.39 is 0 Å². The monoisotopic (exact) mass is 285 g/mol. The van der Waals surface area contributed by atoms with Gasteiger partial charge in [0.05, 0.1) is 6.61 Å². The predicted octanol–water partition coefficient (Wildman–Crippen LogP) is 4.00. The maximum absolute atomic E-state index is 13.7. The highest BCUT2D eigenvalue weighted by atomic mass is 19.1. The van der Waals surface area contributed by atoms with Crippen LogP contribution in [0.4, 0.5) is 4.39 Å². The highest BCUT2D eigenvalue weighted by Crippen LogP contribution is 2.35. The summed E-state index contributed by atoms with van der Waals surface area (Å²) in [6, 6.07) is 13.4. The molecule has 1 atom stereocenters. The van der Waals surface area contributed by atoms with Gasteiger partial charge in [-0.2, -0.15) is 0 Å². The minimum absolute atomic E-state index is 0.153. The first-order valence-corrected chi connectivity index (χ1v) is 7.51. The summed E-state index contributed by atoms with van der Waals surface area (Å²) in [5.41, 5.74) is 3.14. The molecule has 0 amide bonds. The molecule has 110 valence electrons. The van der Waals surface area contributed by atoms with Crippen LogP contribution in [-0.2, 0) is 13.0 Å². The lowest BCUT2D eigenvalue weighted by atomic mass is 9.96. The molecule has 0 radical (unpaired) electrons. The van der Waals surface area contributed by atoms with Crippen LogP contribution in [0, 0.1) is 5.82 Å². The fraction of sp³-hybridized carbons (Fsp3) is 0.333. The number of aryl methyl sites for hydroxylation is 1. The molecule has 2 aromatic carbocycles. The van der Waals surface area contributed by atoms with E-state index in [1.807, 2.05) is 12.1 Å². The van der Waals surface area contributed by atoms with Crippen LogP contribution in [0.25, 0.3) is 0 Å². The fourth-order valence-electron chi connectivity index (χ4n) is 2.85. The molecule has 2 aromatic rings. The number of fused-ring (bicyclic) bond motifs is 1. The molecular formula is C18H20FNO. The van der Waals surface area contributed by atoms with Crippen LogP contribution in [0.3, 0.4) is 0 Å². The smallest absolute Gasteiger partial charge is 0.127 e. The second kappa shape index (κ2) is 6.27. The Morgan fingerprint density at radius 2 is 1.95 bits per heavy atom. The second-order valence-electron chi connectivity index (χ2n) is 5.35. The van der Waals surface area contributed by atoms with Crippen molar-refractivity contribution < 1.29 is 9.13 Å². The van der Waals surface area contributed by atoms with Gasteiger partial charge in [0.2, 0.25) is 0 Å². The molecule has 1 aliphatic heterocycles. The van der Waals surface area contributed by atoms with Crippen molar-refractivity contribution in [3.63, 3.8) is 0 Å². The van der Waals surface area contributed by atoms with E-state index >= 15 is 0 Å². The molecule has 3 heteroatoms. The van der Waals surface area contributed by atoms with E-state index in [4.69, 9.17) is 4.74 Å². The van der Waals surface area contributed by atoms with Crippen molar-refractivity contribution >= 4 is 0 Å². The lowest BCUT2D eigenvalue weighted by molar-refractivity contribution is 0.249. The van der Waals surface area contributed by atoms with Gasteiger partial charge in [0, 0.05) is 30.1 Å². The Morgan fingerprint density at radius 1 is 1.14 bits per heavy atom. The summed E-state index contributed by atoms with van der Waals surface area (Å²) in [7, 11) is 0. The molecule has 1 N–H and O–H groups in total. The van der Waals surface area contributed by atoms with Gasteiger partial charge in [-0.3, -0.25) is 0 Å². The normalized spacial score (nSPS) is 17.1. The Kier molecular flexibility index (Phi) is 4.20. The average molecular weight is 285 g/mol. The molecule has 0 aliphatic carbocycles. The third-order valence-electron chi connectivity index (χ3n) is 4.03. The van der Waals surface area contributed by atoms with E-state index in [0.717, 1.165) is 18.6 Å². The minimum atomic E-state index is -0.153. The molecule has 1 aliphatic rings. The number of para-hydroxylation sites is 1. The summed E-state index contributed by atoms with van der Waals surface area (Å²) in [6.07, 6.45) is 1.87. The average Bonchev–Trinajstić information content (AvgIpc) is 2.53. The Bertz CT molecular complexity index is 626. The Morgan fingerprint density at radius 3 is 2.76 bits per heavy atom. The highest BCUT2D eigenvalue weighted by Gasteiger charge is 2.22. The van der Waals surface area contributed by atoms with Crippen LogP contribution in [0.5, 0.6) is 5.75 Å². The van der Waals surface area contributed by atoms with Gasteiger partial charge in [0.1, 0.15) is 11.6 Å². The fourth-order valence-corrected chi connectivity index (χ4v) is 2.85. The molecule has 0 aromatic heterocycles. The van der Waals surface area contributed by atoms with Crippen molar-refractivity contribution in [2.75, 3.05) is 6.61 Å². The van der Waals surface area contributed by atoms with E-state index in [2.05, 4.69) is 30.4 Å². The van der Waals surface area contributed by atoms with Gasteiger partial charge in [0.25, 0.3) is 0 Å². The summed E-state index contributed by atoms with van der Waals surface area (Å²) in [4.78, 5) is 0. The molecule has 1 heterocycles. The first-order chi connectivity index (χ1) is 10.3. The van der Waals surface area contributed by atoms with E-state index in [1.54, 1.807) is 6.07 Å². The van der Waals surface area contributed by atoms with E-state index in [-0.39, 0.29) is 11.9 Å². The Labute approximate surface area is 125 Å². The summed E-state index contributed by atoms with van der Waals surface area (Å²) in [5, 5.41) is 3.47. The van der Waals surface area contributed by atoms with Crippen molar-refractivity contribution in [2.45, 2.75) is 32.4 Å². The maximum atomic E-state index is 13.7. The summed E-state index contributed by atoms with van der Waals surface area (Å²) >= 11 is 0. The van der Waals surface area contributed by atoms with Crippen LogP contribution in [0.1, 0.15) is 36.1 Å². The molecule has 0 spiro atoms. The van der Waals surface area contributed by atoms with E-state index in [1.165, 1.54) is 17.2 Å². The molecule has 0 saturated carbocycles. The van der Waals surface area contributed by atoms with Gasteiger partial charge in [-0.05, 0) is 18.1 Å². The van der Waals surface area contributed by atoms with Crippen molar-refractivity contribution in [3.05, 3.63) is 65.0 Å². The minimum Gasteiger partial charge on any atom is -0.493 e. The zero-order valence-electron chi connectivity index (χ0n) is 12.2. The third kappa shape index (κ3) is 2.93. The predicted molar refractivity (Wildman–Crippen MR) is 81.9 cm³/mol. The zero-order chi connectivity index (χ0) is 14.7. The molecule has 0 fully saturated rings. The zero-order valence-corrected chi connectivity index (χ0v) is 12.2.